The minimum Gasteiger partial charge on any atom is -0.381 e. The number of rotatable bonds is 4. The van der Waals surface area contributed by atoms with Crippen LogP contribution in [0.1, 0.15) is 30.6 Å². The van der Waals surface area contributed by atoms with Gasteiger partial charge in [0.25, 0.3) is 0 Å². The molecule has 1 saturated heterocycles. The van der Waals surface area contributed by atoms with Gasteiger partial charge in [0.05, 0.1) is 16.4 Å². The van der Waals surface area contributed by atoms with Gasteiger partial charge in [-0.15, -0.1) is 11.3 Å². The third-order valence-corrected chi connectivity index (χ3v) is 5.36. The molecule has 4 nitrogen and oxygen atoms in total. The van der Waals surface area contributed by atoms with Crippen molar-refractivity contribution in [2.75, 3.05) is 20.2 Å². The van der Waals surface area contributed by atoms with Crippen molar-refractivity contribution in [3.8, 4) is 0 Å². The highest BCUT2D eigenvalue weighted by Crippen LogP contribution is 2.31. The molecule has 0 aromatic carbocycles. The maximum Gasteiger partial charge on any atom is 0.230 e. The molecule has 2 N–H and O–H groups in total. The van der Waals surface area contributed by atoms with Gasteiger partial charge >= 0.3 is 0 Å². The fraction of sp³-hybridized carbons (Fsp3) is 0.643. The topological polar surface area (TPSA) is 55.6 Å². The fourth-order valence-electron chi connectivity index (χ4n) is 2.67. The van der Waals surface area contributed by atoms with Gasteiger partial charge in [-0.3, -0.25) is 4.79 Å². The first-order valence-electron chi connectivity index (χ1n) is 6.85. The van der Waals surface area contributed by atoms with E-state index in [1.807, 2.05) is 24.0 Å². The summed E-state index contributed by atoms with van der Waals surface area (Å²) in [5.74, 6) is -0.0332. The molecule has 2 heterocycles. The molecule has 2 rings (SSSR count). The summed E-state index contributed by atoms with van der Waals surface area (Å²) in [4.78, 5) is 15.6. The molecule has 0 aliphatic carbocycles. The zero-order valence-electron chi connectivity index (χ0n) is 11.8. The second-order valence-corrected chi connectivity index (χ2v) is 6.91. The van der Waals surface area contributed by atoms with E-state index in [1.54, 1.807) is 7.11 Å². The Morgan fingerprint density at radius 2 is 2.40 bits per heavy atom. The van der Waals surface area contributed by atoms with E-state index in [0.717, 1.165) is 17.7 Å². The van der Waals surface area contributed by atoms with Crippen molar-refractivity contribution < 1.29 is 9.53 Å². The first-order valence-corrected chi connectivity index (χ1v) is 8.04. The van der Waals surface area contributed by atoms with Crippen LogP contribution in [-0.2, 0) is 9.53 Å². The number of nitrogens with two attached hydrogens (primary N) is 1. The maximum atomic E-state index is 12.7. The lowest BCUT2D eigenvalue weighted by Gasteiger charge is -2.39. The summed E-state index contributed by atoms with van der Waals surface area (Å²) in [6.07, 6.45) is 1.90. The number of carbonyl (C=O) groups excluding carboxylic acids is 1. The van der Waals surface area contributed by atoms with Crippen molar-refractivity contribution in [3.05, 3.63) is 21.3 Å². The number of hydrogen-bond acceptors (Lipinski definition) is 4. The number of methoxy groups -OCH3 is 1. The summed E-state index contributed by atoms with van der Waals surface area (Å²) in [6, 6.07) is 3.83. The van der Waals surface area contributed by atoms with E-state index < -0.39 is 0 Å². The molecule has 1 fully saturated rings. The third-order valence-electron chi connectivity index (χ3n) is 3.95. The lowest BCUT2D eigenvalue weighted by molar-refractivity contribution is -0.138. The van der Waals surface area contributed by atoms with Crippen LogP contribution in [0, 0.1) is 0 Å². The van der Waals surface area contributed by atoms with E-state index in [9.17, 15) is 4.79 Å². The average Bonchev–Trinajstić information content (AvgIpc) is 2.91. The van der Waals surface area contributed by atoms with E-state index in [2.05, 4.69) is 0 Å². The van der Waals surface area contributed by atoms with Crippen LogP contribution < -0.4 is 5.73 Å². The summed E-state index contributed by atoms with van der Waals surface area (Å²) >= 11 is 7.41. The Labute approximate surface area is 128 Å². The molecule has 1 amide bonds. The molecule has 0 bridgehead atoms. The number of halogens is 1. The van der Waals surface area contributed by atoms with Crippen LogP contribution in [-0.4, -0.2) is 43.2 Å². The Bertz CT molecular complexity index is 466. The van der Waals surface area contributed by atoms with Crippen molar-refractivity contribution in [2.45, 2.75) is 37.8 Å². The summed E-state index contributed by atoms with van der Waals surface area (Å²) in [5.41, 5.74) is 5.82. The summed E-state index contributed by atoms with van der Waals surface area (Å²) in [6.45, 7) is 3.12. The Morgan fingerprint density at radius 1 is 1.65 bits per heavy atom. The lowest BCUT2D eigenvalue weighted by Crippen LogP contribution is -2.52. The van der Waals surface area contributed by atoms with Crippen LogP contribution in [0.2, 0.25) is 4.34 Å². The molecule has 1 aromatic heterocycles. The molecule has 20 heavy (non-hydrogen) atoms. The molecule has 112 valence electrons. The van der Waals surface area contributed by atoms with Crippen LogP contribution in [0.25, 0.3) is 0 Å². The van der Waals surface area contributed by atoms with Gasteiger partial charge in [0.15, 0.2) is 0 Å². The van der Waals surface area contributed by atoms with E-state index in [-0.39, 0.29) is 24.0 Å². The normalized spacial score (nSPS) is 24.7. The van der Waals surface area contributed by atoms with Gasteiger partial charge in [0.2, 0.25) is 5.91 Å². The van der Waals surface area contributed by atoms with Gasteiger partial charge in [0, 0.05) is 31.1 Å². The molecule has 1 aliphatic rings. The molecule has 3 atom stereocenters. The summed E-state index contributed by atoms with van der Waals surface area (Å²) < 4.78 is 6.11. The predicted octanol–water partition coefficient (Wildman–Crippen LogP) is 2.47. The number of nitrogens with zero attached hydrogens (tertiary/aromatic N) is 1. The van der Waals surface area contributed by atoms with Crippen molar-refractivity contribution in [1.82, 2.24) is 4.90 Å². The SMILES string of the molecule is CO[C@@H]1CCN(C(=O)[C@H](C)c2ccc(Cl)s2)[C@H](CN)C1. The van der Waals surface area contributed by atoms with Crippen LogP contribution in [0.4, 0.5) is 0 Å². The highest BCUT2D eigenvalue weighted by molar-refractivity contribution is 7.16. The average molecular weight is 317 g/mol. The molecule has 1 aromatic rings. The molecule has 0 spiro atoms. The Balaban J connectivity index is 2.07. The van der Waals surface area contributed by atoms with Gasteiger partial charge in [-0.05, 0) is 31.9 Å². The Kier molecular flexibility index (Phi) is 5.43. The lowest BCUT2D eigenvalue weighted by atomic mass is 9.97. The molecular weight excluding hydrogens is 296 g/mol. The number of amides is 1. The molecular formula is C14H21ClN2O2S. The first-order chi connectivity index (χ1) is 9.56. The van der Waals surface area contributed by atoms with Gasteiger partial charge in [-0.1, -0.05) is 11.6 Å². The quantitative estimate of drug-likeness (QED) is 0.928. The third kappa shape index (κ3) is 3.34. The highest BCUT2D eigenvalue weighted by Gasteiger charge is 2.33. The Morgan fingerprint density at radius 3 is 2.95 bits per heavy atom. The minimum absolute atomic E-state index is 0.0686. The first kappa shape index (κ1) is 15.8. The van der Waals surface area contributed by atoms with E-state index >= 15 is 0 Å². The van der Waals surface area contributed by atoms with Gasteiger partial charge in [0.1, 0.15) is 0 Å². The van der Waals surface area contributed by atoms with E-state index in [0.29, 0.717) is 17.4 Å². The van der Waals surface area contributed by atoms with Crippen LogP contribution in [0.15, 0.2) is 12.1 Å². The second-order valence-electron chi connectivity index (χ2n) is 5.17. The van der Waals surface area contributed by atoms with Crippen molar-refractivity contribution in [2.24, 2.45) is 5.73 Å². The van der Waals surface area contributed by atoms with Crippen LogP contribution >= 0.6 is 22.9 Å². The number of ether oxygens (including phenoxy) is 1. The minimum atomic E-state index is -0.166. The number of carbonyl (C=O) groups is 1. The number of likely N-dealkylation sites (tertiary alicyclic amines) is 1. The monoisotopic (exact) mass is 316 g/mol. The fourth-order valence-corrected chi connectivity index (χ4v) is 3.78. The predicted molar refractivity (Wildman–Crippen MR) is 82.3 cm³/mol. The zero-order valence-corrected chi connectivity index (χ0v) is 13.4. The molecule has 6 heteroatoms. The standard InChI is InChI=1S/C14H21ClN2O2S/c1-9(12-3-4-13(15)20-12)14(18)17-6-5-11(19-2)7-10(17)8-16/h3-4,9-11H,5-8,16H2,1-2H3/t9-,10+,11-/m1/s1. The van der Waals surface area contributed by atoms with E-state index in [1.165, 1.54) is 11.3 Å². The molecule has 0 radical (unpaired) electrons. The highest BCUT2D eigenvalue weighted by atomic mass is 35.5. The van der Waals surface area contributed by atoms with Gasteiger partial charge in [-0.25, -0.2) is 0 Å². The zero-order chi connectivity index (χ0) is 14.7. The van der Waals surface area contributed by atoms with Crippen molar-refractivity contribution in [3.63, 3.8) is 0 Å². The molecule has 0 unspecified atom stereocenters. The van der Waals surface area contributed by atoms with Gasteiger partial charge < -0.3 is 15.4 Å². The number of piperidine rings is 1. The maximum absolute atomic E-state index is 12.7. The van der Waals surface area contributed by atoms with E-state index in [4.69, 9.17) is 22.1 Å². The molecule has 1 aliphatic heterocycles. The largest absolute Gasteiger partial charge is 0.381 e. The smallest absolute Gasteiger partial charge is 0.230 e. The summed E-state index contributed by atoms with van der Waals surface area (Å²) in [7, 11) is 1.71. The van der Waals surface area contributed by atoms with Crippen molar-refractivity contribution >= 4 is 28.8 Å². The summed E-state index contributed by atoms with van der Waals surface area (Å²) in [5, 5.41) is 0. The number of hydrogen-bond donors (Lipinski definition) is 1. The second kappa shape index (κ2) is 6.89. The van der Waals surface area contributed by atoms with Crippen LogP contribution in [0.5, 0.6) is 0 Å². The van der Waals surface area contributed by atoms with Crippen LogP contribution in [0.3, 0.4) is 0 Å². The Hall–Kier alpha value is -0.620. The van der Waals surface area contributed by atoms with Gasteiger partial charge in [-0.2, -0.15) is 0 Å². The number of thiophene rings is 1. The van der Waals surface area contributed by atoms with Crippen molar-refractivity contribution in [1.29, 1.82) is 0 Å². The molecule has 0 saturated carbocycles.